The van der Waals surface area contributed by atoms with E-state index in [1.165, 1.54) is 33.0 Å². The van der Waals surface area contributed by atoms with Gasteiger partial charge in [0.05, 0.1) is 11.0 Å². The molecule has 2 nitrogen and oxygen atoms in total. The Morgan fingerprint density at radius 2 is 1.03 bits per heavy atom. The second-order valence-corrected chi connectivity index (χ2v) is 9.24. The molecule has 187 valence electrons. The summed E-state index contributed by atoms with van der Waals surface area (Å²) in [6, 6.07) is 51.8. The van der Waals surface area contributed by atoms with E-state index in [4.69, 9.17) is 4.98 Å². The largest absolute Gasteiger partial charge is 0.296 e. The molecule has 0 fully saturated rings. The molecule has 0 saturated heterocycles. The Hall–Kier alpha value is -4.43. The Kier molecular flexibility index (Phi) is 6.85. The molecule has 0 amide bonds. The van der Waals surface area contributed by atoms with Crippen molar-refractivity contribution in [3.05, 3.63) is 146 Å². The average molecular weight is 675 g/mol. The molecule has 39 heavy (non-hydrogen) atoms. The van der Waals surface area contributed by atoms with Gasteiger partial charge in [0.1, 0.15) is 0 Å². The molecule has 2 aromatic heterocycles. The van der Waals surface area contributed by atoms with Crippen molar-refractivity contribution in [1.82, 2.24) is 9.97 Å². The zero-order valence-electron chi connectivity index (χ0n) is 20.9. The molecular weight excluding hydrogens is 653 g/mol. The van der Waals surface area contributed by atoms with Crippen molar-refractivity contribution < 1.29 is 20.1 Å². The van der Waals surface area contributed by atoms with E-state index in [0.717, 1.165) is 33.5 Å². The van der Waals surface area contributed by atoms with Crippen LogP contribution in [0.2, 0.25) is 0 Å². The minimum Gasteiger partial charge on any atom is -0.296 e. The van der Waals surface area contributed by atoms with Crippen molar-refractivity contribution in [1.29, 1.82) is 0 Å². The summed E-state index contributed by atoms with van der Waals surface area (Å²) in [7, 11) is 0. The average Bonchev–Trinajstić information content (AvgIpc) is 3.33. The number of aromatic nitrogens is 2. The van der Waals surface area contributed by atoms with Gasteiger partial charge in [-0.3, -0.25) is 9.97 Å². The summed E-state index contributed by atoms with van der Waals surface area (Å²) < 4.78 is 0. The van der Waals surface area contributed by atoms with Crippen molar-refractivity contribution in [2.24, 2.45) is 0 Å². The number of para-hydroxylation sites is 1. The minimum absolute atomic E-state index is 0. The molecule has 0 N–H and O–H groups in total. The number of fused-ring (bicyclic) bond motifs is 4. The third-order valence-corrected chi connectivity index (χ3v) is 6.91. The van der Waals surface area contributed by atoms with Crippen LogP contribution >= 0.6 is 0 Å². The van der Waals surface area contributed by atoms with Crippen molar-refractivity contribution in [3.63, 3.8) is 0 Å². The van der Waals surface area contributed by atoms with Gasteiger partial charge in [-0.2, -0.15) is 0 Å². The molecule has 5 aromatic carbocycles. The van der Waals surface area contributed by atoms with E-state index in [1.807, 2.05) is 66.7 Å². The molecule has 8 rings (SSSR count). The Bertz CT molecular complexity index is 1910. The molecule has 0 aliphatic heterocycles. The fourth-order valence-electron chi connectivity index (χ4n) is 5.14. The summed E-state index contributed by atoms with van der Waals surface area (Å²) in [5.74, 6) is 0. The quantitative estimate of drug-likeness (QED) is 0.171. The number of benzene rings is 5. The van der Waals surface area contributed by atoms with Crippen LogP contribution in [0.25, 0.3) is 66.6 Å². The van der Waals surface area contributed by atoms with Gasteiger partial charge in [-0.05, 0) is 51.2 Å². The normalized spacial score (nSPS) is 10.9. The van der Waals surface area contributed by atoms with Crippen LogP contribution in [-0.4, -0.2) is 9.97 Å². The first-order chi connectivity index (χ1) is 18.8. The van der Waals surface area contributed by atoms with Gasteiger partial charge in [-0.25, -0.2) is 0 Å². The third kappa shape index (κ3) is 4.68. The maximum Gasteiger partial charge on any atom is 0.0607 e. The van der Waals surface area contributed by atoms with E-state index in [1.54, 1.807) is 0 Å². The Morgan fingerprint density at radius 1 is 0.436 bits per heavy atom. The second-order valence-electron chi connectivity index (χ2n) is 9.24. The Balaban J connectivity index is 0.000000145. The van der Waals surface area contributed by atoms with Crippen LogP contribution < -0.4 is 0 Å². The van der Waals surface area contributed by atoms with E-state index in [0.29, 0.717) is 0 Å². The number of hydrogen-bond acceptors (Lipinski definition) is 2. The molecule has 0 saturated carbocycles. The van der Waals surface area contributed by atoms with Crippen LogP contribution in [-0.2, 0) is 20.1 Å². The standard InChI is InChI=1S/C21H12N.C15H10N.Ir/c1-2-7-14(8-3-1)20-13-18-16-10-5-4-9-15(16)17-11-6-12-19(22-20)21(17)18;1-2-6-12(7-3-1)15-11-10-13-8-4-5-9-14(13)16-15;/h1-7,9-13H;1-6,8-11H;/q2*-1;. The molecule has 3 heteroatoms. The van der Waals surface area contributed by atoms with Gasteiger partial charge in [0.15, 0.2) is 0 Å². The van der Waals surface area contributed by atoms with E-state index in [9.17, 15) is 0 Å². The molecule has 1 aliphatic carbocycles. The fourth-order valence-corrected chi connectivity index (χ4v) is 5.14. The zero-order valence-corrected chi connectivity index (χ0v) is 23.3. The first-order valence-corrected chi connectivity index (χ1v) is 12.7. The zero-order chi connectivity index (χ0) is 25.3. The number of nitrogens with zero attached hydrogens (tertiary/aromatic N) is 2. The molecule has 7 aromatic rings. The van der Waals surface area contributed by atoms with Crippen LogP contribution in [0, 0.1) is 12.1 Å². The first-order valence-electron chi connectivity index (χ1n) is 12.7. The molecule has 0 bridgehead atoms. The summed E-state index contributed by atoms with van der Waals surface area (Å²) in [5.41, 5.74) is 11.3. The third-order valence-electron chi connectivity index (χ3n) is 6.91. The van der Waals surface area contributed by atoms with Gasteiger partial charge in [0.25, 0.3) is 0 Å². The van der Waals surface area contributed by atoms with Gasteiger partial charge in [-0.1, -0.05) is 72.8 Å². The van der Waals surface area contributed by atoms with Gasteiger partial charge in [0.2, 0.25) is 0 Å². The van der Waals surface area contributed by atoms with Crippen LogP contribution in [0.5, 0.6) is 0 Å². The van der Waals surface area contributed by atoms with Crippen molar-refractivity contribution in [2.75, 3.05) is 0 Å². The summed E-state index contributed by atoms with van der Waals surface area (Å²) in [6.07, 6.45) is 0. The Labute approximate surface area is 241 Å². The second kappa shape index (κ2) is 10.7. The van der Waals surface area contributed by atoms with E-state index in [2.05, 4.69) is 83.8 Å². The summed E-state index contributed by atoms with van der Waals surface area (Å²) in [6.45, 7) is 0. The molecule has 2 heterocycles. The van der Waals surface area contributed by atoms with Crippen molar-refractivity contribution in [2.45, 2.75) is 0 Å². The van der Waals surface area contributed by atoms with Gasteiger partial charge in [0, 0.05) is 25.5 Å². The van der Waals surface area contributed by atoms with Gasteiger partial charge >= 0.3 is 0 Å². The topological polar surface area (TPSA) is 25.8 Å². The predicted molar refractivity (Wildman–Crippen MR) is 156 cm³/mol. The number of pyridine rings is 2. The van der Waals surface area contributed by atoms with Crippen LogP contribution in [0.1, 0.15) is 0 Å². The smallest absolute Gasteiger partial charge is 0.0607 e. The van der Waals surface area contributed by atoms with E-state index >= 15 is 0 Å². The van der Waals surface area contributed by atoms with Crippen molar-refractivity contribution >= 4 is 21.8 Å². The van der Waals surface area contributed by atoms with Crippen LogP contribution in [0.3, 0.4) is 0 Å². The summed E-state index contributed by atoms with van der Waals surface area (Å²) in [5, 5.41) is 2.44. The SMILES string of the molecule is [Ir].[c-]1ccccc1-c1cc2c3c(cccc3n1)-c1ccccc1-2.[c-]1ccccc1-c1ccc2ccccc2n1. The summed E-state index contributed by atoms with van der Waals surface area (Å²) >= 11 is 0. The first kappa shape index (κ1) is 24.9. The predicted octanol–water partition coefficient (Wildman–Crippen LogP) is 9.05. The molecule has 0 unspecified atom stereocenters. The van der Waals surface area contributed by atoms with E-state index < -0.39 is 0 Å². The number of rotatable bonds is 2. The molecule has 1 radical (unpaired) electrons. The Morgan fingerprint density at radius 3 is 1.77 bits per heavy atom. The fraction of sp³-hybridized carbons (Fsp3) is 0. The minimum atomic E-state index is 0. The summed E-state index contributed by atoms with van der Waals surface area (Å²) in [4.78, 5) is 9.47. The maximum atomic E-state index is 4.86. The molecular formula is C36H22IrN2-2. The molecule has 1 aliphatic rings. The maximum absolute atomic E-state index is 4.86. The van der Waals surface area contributed by atoms with Gasteiger partial charge in [-0.15, -0.1) is 71.8 Å². The van der Waals surface area contributed by atoms with Crippen LogP contribution in [0.4, 0.5) is 0 Å². The van der Waals surface area contributed by atoms with Gasteiger partial charge < -0.3 is 0 Å². The number of hydrogen-bond donors (Lipinski definition) is 0. The monoisotopic (exact) mass is 675 g/mol. The molecule has 0 atom stereocenters. The van der Waals surface area contributed by atoms with Crippen LogP contribution in [0.15, 0.2) is 133 Å². The van der Waals surface area contributed by atoms with Crippen molar-refractivity contribution in [3.8, 4) is 44.8 Å². The van der Waals surface area contributed by atoms with E-state index in [-0.39, 0.29) is 20.1 Å². The molecule has 0 spiro atoms.